The zero-order valence-corrected chi connectivity index (χ0v) is 7.95. The number of carbonyl (C=O) groups excluding carboxylic acids is 1. The maximum Gasteiger partial charge on any atom is 0.318 e. The highest BCUT2D eigenvalue weighted by molar-refractivity contribution is 5.79. The van der Waals surface area contributed by atoms with Crippen LogP contribution in [-0.4, -0.2) is 24.3 Å². The number of aliphatic hydroxyl groups is 1. The Morgan fingerprint density at radius 1 is 1.69 bits per heavy atom. The van der Waals surface area contributed by atoms with Gasteiger partial charge >= 0.3 is 5.97 Å². The summed E-state index contributed by atoms with van der Waals surface area (Å²) in [5.74, 6) is -0.366. The average molecular weight is 184 g/mol. The van der Waals surface area contributed by atoms with Gasteiger partial charge < -0.3 is 9.84 Å². The van der Waals surface area contributed by atoms with Crippen molar-refractivity contribution >= 4 is 5.97 Å². The smallest absolute Gasteiger partial charge is 0.318 e. The Bertz CT molecular complexity index is 212. The first-order valence-corrected chi connectivity index (χ1v) is 4.57. The van der Waals surface area contributed by atoms with Crippen LogP contribution in [0.2, 0.25) is 0 Å². The Morgan fingerprint density at radius 3 is 2.85 bits per heavy atom. The predicted molar refractivity (Wildman–Crippen MR) is 49.1 cm³/mol. The van der Waals surface area contributed by atoms with Gasteiger partial charge in [0.15, 0.2) is 0 Å². The molecule has 0 bridgehead atoms. The molecule has 3 nitrogen and oxygen atoms in total. The van der Waals surface area contributed by atoms with Crippen LogP contribution in [0.25, 0.3) is 0 Å². The summed E-state index contributed by atoms with van der Waals surface area (Å²) in [5.41, 5.74) is -0.854. The number of hydrogen-bond donors (Lipinski definition) is 1. The average Bonchev–Trinajstić information content (AvgIpc) is 2.18. The minimum Gasteiger partial charge on any atom is -0.468 e. The van der Waals surface area contributed by atoms with Crippen molar-refractivity contribution in [2.24, 2.45) is 5.41 Å². The molecule has 0 spiro atoms. The van der Waals surface area contributed by atoms with Crippen LogP contribution in [0.5, 0.6) is 0 Å². The third kappa shape index (κ3) is 1.61. The van der Waals surface area contributed by atoms with Crippen LogP contribution in [0.3, 0.4) is 0 Å². The first-order valence-electron chi connectivity index (χ1n) is 4.57. The van der Waals surface area contributed by atoms with E-state index in [1.165, 1.54) is 13.2 Å². The first kappa shape index (κ1) is 10.3. The minimum atomic E-state index is -0.854. The molecule has 0 aromatic rings. The third-order valence-corrected chi connectivity index (χ3v) is 2.84. The first-order chi connectivity index (χ1) is 6.17. The van der Waals surface area contributed by atoms with Gasteiger partial charge in [0, 0.05) is 0 Å². The minimum absolute atomic E-state index is 0.366. The zero-order valence-electron chi connectivity index (χ0n) is 7.95. The highest BCUT2D eigenvalue weighted by atomic mass is 16.5. The molecule has 0 saturated heterocycles. The lowest BCUT2D eigenvalue weighted by atomic mass is 9.72. The van der Waals surface area contributed by atoms with Crippen molar-refractivity contribution in [2.75, 3.05) is 7.11 Å². The summed E-state index contributed by atoms with van der Waals surface area (Å²) in [6.45, 7) is 3.62. The van der Waals surface area contributed by atoms with Crippen LogP contribution in [0.1, 0.15) is 25.7 Å². The number of aliphatic hydroxyl groups excluding tert-OH is 1. The second-order valence-corrected chi connectivity index (χ2v) is 3.50. The molecular weight excluding hydrogens is 168 g/mol. The molecule has 0 aromatic carbocycles. The van der Waals surface area contributed by atoms with Crippen molar-refractivity contribution in [3.05, 3.63) is 12.7 Å². The second-order valence-electron chi connectivity index (χ2n) is 3.50. The Kier molecular flexibility index (Phi) is 3.09. The quantitative estimate of drug-likeness (QED) is 0.519. The topological polar surface area (TPSA) is 46.5 Å². The monoisotopic (exact) mass is 184 g/mol. The maximum atomic E-state index is 11.5. The lowest BCUT2D eigenvalue weighted by molar-refractivity contribution is -0.158. The molecule has 0 unspecified atom stereocenters. The van der Waals surface area contributed by atoms with Crippen LogP contribution in [0.15, 0.2) is 12.7 Å². The van der Waals surface area contributed by atoms with Gasteiger partial charge in [-0.2, -0.15) is 0 Å². The lowest BCUT2D eigenvalue weighted by Gasteiger charge is -2.36. The molecule has 0 aliphatic heterocycles. The van der Waals surface area contributed by atoms with Gasteiger partial charge in [0.25, 0.3) is 0 Å². The van der Waals surface area contributed by atoms with Crippen LogP contribution < -0.4 is 0 Å². The fourth-order valence-electron chi connectivity index (χ4n) is 1.93. The van der Waals surface area contributed by atoms with E-state index in [1.807, 2.05) is 0 Å². The summed E-state index contributed by atoms with van der Waals surface area (Å²) in [6, 6.07) is 0. The predicted octanol–water partition coefficient (Wildman–Crippen LogP) is 1.27. The molecule has 1 rings (SSSR count). The molecule has 13 heavy (non-hydrogen) atoms. The van der Waals surface area contributed by atoms with Crippen LogP contribution >= 0.6 is 0 Å². The highest BCUT2D eigenvalue weighted by Gasteiger charge is 2.44. The summed E-state index contributed by atoms with van der Waals surface area (Å²) in [6.07, 6.45) is 4.10. The SMILES string of the molecule is C=C[C@]1(C(=O)OC)CCCC[C@@H]1O. The molecule has 0 aromatic heterocycles. The molecule has 1 N–H and O–H groups in total. The van der Waals surface area contributed by atoms with Crippen LogP contribution in [0, 0.1) is 5.41 Å². The van der Waals surface area contributed by atoms with Gasteiger partial charge in [-0.3, -0.25) is 4.79 Å². The standard InChI is InChI=1S/C10H16O3/c1-3-10(9(12)13-2)7-5-4-6-8(10)11/h3,8,11H,1,4-7H2,2H3/t8-,10-/m0/s1. The normalized spacial score (nSPS) is 33.8. The van der Waals surface area contributed by atoms with E-state index in [1.54, 1.807) is 0 Å². The second kappa shape index (κ2) is 3.92. The van der Waals surface area contributed by atoms with Crippen molar-refractivity contribution in [3.8, 4) is 0 Å². The van der Waals surface area contributed by atoms with Crippen molar-refractivity contribution in [1.29, 1.82) is 0 Å². The van der Waals surface area contributed by atoms with E-state index in [2.05, 4.69) is 11.3 Å². The van der Waals surface area contributed by atoms with Gasteiger partial charge in [0.05, 0.1) is 13.2 Å². The van der Waals surface area contributed by atoms with Gasteiger partial charge in [-0.1, -0.05) is 18.9 Å². The Labute approximate surface area is 78.4 Å². The number of ether oxygens (including phenoxy) is 1. The number of rotatable bonds is 2. The lowest BCUT2D eigenvalue weighted by Crippen LogP contribution is -2.43. The number of hydrogen-bond acceptors (Lipinski definition) is 3. The fourth-order valence-corrected chi connectivity index (χ4v) is 1.93. The Hall–Kier alpha value is -0.830. The number of methoxy groups -OCH3 is 1. The molecule has 1 fully saturated rings. The van der Waals surface area contributed by atoms with Crippen molar-refractivity contribution in [2.45, 2.75) is 31.8 Å². The fraction of sp³-hybridized carbons (Fsp3) is 0.700. The number of esters is 1. The van der Waals surface area contributed by atoms with Gasteiger partial charge in [-0.05, 0) is 12.8 Å². The molecular formula is C10H16O3. The van der Waals surface area contributed by atoms with Crippen molar-refractivity contribution in [1.82, 2.24) is 0 Å². The van der Waals surface area contributed by atoms with Gasteiger partial charge in [0.1, 0.15) is 5.41 Å². The summed E-state index contributed by atoms with van der Waals surface area (Å²) in [7, 11) is 1.34. The van der Waals surface area contributed by atoms with Gasteiger partial charge in [-0.25, -0.2) is 0 Å². The third-order valence-electron chi connectivity index (χ3n) is 2.84. The van der Waals surface area contributed by atoms with E-state index in [0.717, 1.165) is 12.8 Å². The number of carbonyl (C=O) groups is 1. The molecule has 2 atom stereocenters. The molecule has 74 valence electrons. The van der Waals surface area contributed by atoms with Crippen molar-refractivity contribution in [3.63, 3.8) is 0 Å². The zero-order chi connectivity index (χ0) is 9.90. The summed E-state index contributed by atoms with van der Waals surface area (Å²) in [5, 5.41) is 9.75. The van der Waals surface area contributed by atoms with E-state index < -0.39 is 11.5 Å². The summed E-state index contributed by atoms with van der Waals surface area (Å²) < 4.78 is 4.68. The summed E-state index contributed by atoms with van der Waals surface area (Å²) >= 11 is 0. The Morgan fingerprint density at radius 2 is 2.38 bits per heavy atom. The van der Waals surface area contributed by atoms with E-state index in [9.17, 15) is 9.90 Å². The van der Waals surface area contributed by atoms with E-state index >= 15 is 0 Å². The van der Waals surface area contributed by atoms with Gasteiger partial charge in [-0.15, -0.1) is 6.58 Å². The molecule has 0 heterocycles. The molecule has 1 saturated carbocycles. The molecule has 3 heteroatoms. The van der Waals surface area contributed by atoms with E-state index in [4.69, 9.17) is 0 Å². The highest BCUT2D eigenvalue weighted by Crippen LogP contribution is 2.38. The molecule has 0 radical (unpaired) electrons. The Balaban J connectivity index is 2.88. The largest absolute Gasteiger partial charge is 0.468 e. The van der Waals surface area contributed by atoms with Crippen molar-refractivity contribution < 1.29 is 14.6 Å². The summed E-state index contributed by atoms with van der Waals surface area (Å²) in [4.78, 5) is 11.5. The van der Waals surface area contributed by atoms with Crippen LogP contribution in [0.4, 0.5) is 0 Å². The van der Waals surface area contributed by atoms with Gasteiger partial charge in [0.2, 0.25) is 0 Å². The maximum absolute atomic E-state index is 11.5. The molecule has 1 aliphatic carbocycles. The van der Waals surface area contributed by atoms with Crippen LogP contribution in [-0.2, 0) is 9.53 Å². The molecule has 1 aliphatic rings. The molecule has 0 amide bonds. The van der Waals surface area contributed by atoms with E-state index in [0.29, 0.717) is 12.8 Å². The van der Waals surface area contributed by atoms with E-state index in [-0.39, 0.29) is 5.97 Å².